The van der Waals surface area contributed by atoms with Crippen LogP contribution < -0.4 is 0 Å². The average molecular weight is 502 g/mol. The molecule has 6 aromatic rings. The molecule has 5 aromatic carbocycles. The summed E-state index contributed by atoms with van der Waals surface area (Å²) in [6, 6.07) is 40.1. The first kappa shape index (κ1) is 24.3. The van der Waals surface area contributed by atoms with Crippen LogP contribution in [0.4, 0.5) is 0 Å². The van der Waals surface area contributed by atoms with E-state index >= 15 is 0 Å². The van der Waals surface area contributed by atoms with Crippen molar-refractivity contribution in [3.05, 3.63) is 132 Å². The predicted molar refractivity (Wildman–Crippen MR) is 160 cm³/mol. The van der Waals surface area contributed by atoms with E-state index in [-0.39, 0.29) is 0 Å². The Balaban J connectivity index is 1.35. The molecule has 186 valence electrons. The van der Waals surface area contributed by atoms with Crippen LogP contribution in [0.3, 0.4) is 0 Å². The molecule has 0 aliphatic rings. The monoisotopic (exact) mass is 501 g/mol. The fourth-order valence-electron chi connectivity index (χ4n) is 5.08. The number of fused-ring (bicyclic) bond motifs is 1. The Morgan fingerprint density at radius 3 is 1.36 bits per heavy atom. The summed E-state index contributed by atoms with van der Waals surface area (Å²) in [6.45, 7) is 6.14. The van der Waals surface area contributed by atoms with Crippen LogP contribution in [-0.4, -0.2) is 9.97 Å². The molecule has 0 radical (unpaired) electrons. The summed E-state index contributed by atoms with van der Waals surface area (Å²) in [4.78, 5) is 9.42. The molecule has 0 fully saturated rings. The third-order valence-electron chi connectivity index (χ3n) is 7.55. The molecule has 6 rings (SSSR count). The van der Waals surface area contributed by atoms with Gasteiger partial charge in [0.1, 0.15) is 0 Å². The van der Waals surface area contributed by atoms with Gasteiger partial charge in [0.15, 0.2) is 5.82 Å². The lowest BCUT2D eigenvalue weighted by Gasteiger charge is -2.13. The Hall–Kier alpha value is -5.07. The molecular weight excluding hydrogens is 474 g/mol. The zero-order chi connectivity index (χ0) is 26.9. The van der Waals surface area contributed by atoms with Crippen LogP contribution in [0.5, 0.6) is 0 Å². The maximum atomic E-state index is 9.07. The Morgan fingerprint density at radius 2 is 0.897 bits per heavy atom. The third kappa shape index (κ3) is 4.58. The van der Waals surface area contributed by atoms with E-state index in [1.807, 2.05) is 38.1 Å². The molecule has 39 heavy (non-hydrogen) atoms. The van der Waals surface area contributed by atoms with E-state index in [1.54, 1.807) is 0 Å². The molecule has 0 saturated carbocycles. The smallest absolute Gasteiger partial charge is 0.159 e. The molecule has 1 aromatic heterocycles. The molecule has 0 saturated heterocycles. The minimum absolute atomic E-state index is 0.672. The van der Waals surface area contributed by atoms with Gasteiger partial charge in [-0.05, 0) is 82.6 Å². The van der Waals surface area contributed by atoms with Gasteiger partial charge in [-0.25, -0.2) is 9.97 Å². The fraction of sp³-hybridized carbons (Fsp3) is 0.0833. The van der Waals surface area contributed by atoms with Gasteiger partial charge in [-0.15, -0.1) is 0 Å². The number of nitrogens with zero attached hydrogens (tertiary/aromatic N) is 3. The highest BCUT2D eigenvalue weighted by Crippen LogP contribution is 2.37. The minimum atomic E-state index is 0.672. The first-order valence-electron chi connectivity index (χ1n) is 13.1. The van der Waals surface area contributed by atoms with Gasteiger partial charge in [-0.1, -0.05) is 97.1 Å². The summed E-state index contributed by atoms with van der Waals surface area (Å²) in [5.41, 5.74) is 11.9. The Morgan fingerprint density at radius 1 is 0.487 bits per heavy atom. The average Bonchev–Trinajstić information content (AvgIpc) is 2.99. The molecule has 0 aliphatic heterocycles. The van der Waals surface area contributed by atoms with E-state index in [0.29, 0.717) is 5.56 Å². The van der Waals surface area contributed by atoms with Crippen molar-refractivity contribution >= 4 is 10.8 Å². The number of aryl methyl sites for hydroxylation is 2. The zero-order valence-corrected chi connectivity index (χ0v) is 22.2. The number of benzene rings is 5. The van der Waals surface area contributed by atoms with E-state index in [4.69, 9.17) is 15.2 Å². The molecule has 0 atom stereocenters. The number of aromatic nitrogens is 2. The van der Waals surface area contributed by atoms with Crippen molar-refractivity contribution in [1.82, 2.24) is 9.97 Å². The van der Waals surface area contributed by atoms with Crippen molar-refractivity contribution in [2.24, 2.45) is 0 Å². The third-order valence-corrected chi connectivity index (χ3v) is 7.55. The topological polar surface area (TPSA) is 49.6 Å². The van der Waals surface area contributed by atoms with Gasteiger partial charge in [0.05, 0.1) is 11.6 Å². The summed E-state index contributed by atoms with van der Waals surface area (Å²) in [5.74, 6) is 0.770. The second-order valence-electron chi connectivity index (χ2n) is 9.89. The van der Waals surface area contributed by atoms with Crippen molar-refractivity contribution in [2.45, 2.75) is 20.8 Å². The standard InChI is InChI=1S/C36H27N3/c1-23-24(2)38-36(39-25(23)3)31-18-16-30(17-19-31)33-21-20-32(34-6-4-5-7-35(33)34)29-14-12-28(13-15-29)27-10-8-26(22-37)9-11-27/h4-21H,1-3H3. The maximum absolute atomic E-state index is 9.07. The quantitative estimate of drug-likeness (QED) is 0.242. The van der Waals surface area contributed by atoms with Gasteiger partial charge in [-0.3, -0.25) is 0 Å². The molecular formula is C36H27N3. The van der Waals surface area contributed by atoms with Crippen LogP contribution in [-0.2, 0) is 0 Å². The molecule has 3 nitrogen and oxygen atoms in total. The van der Waals surface area contributed by atoms with Crippen molar-refractivity contribution in [3.8, 4) is 50.8 Å². The summed E-state index contributed by atoms with van der Waals surface area (Å²) < 4.78 is 0. The van der Waals surface area contributed by atoms with Crippen LogP contribution in [0.1, 0.15) is 22.5 Å². The first-order valence-corrected chi connectivity index (χ1v) is 13.1. The number of hydrogen-bond acceptors (Lipinski definition) is 3. The molecule has 0 bridgehead atoms. The van der Waals surface area contributed by atoms with Gasteiger partial charge in [0.2, 0.25) is 0 Å². The van der Waals surface area contributed by atoms with Crippen molar-refractivity contribution in [1.29, 1.82) is 5.26 Å². The van der Waals surface area contributed by atoms with E-state index in [1.165, 1.54) is 33.0 Å². The SMILES string of the molecule is Cc1nc(-c2ccc(-c3ccc(-c4ccc(-c5ccc(C#N)cc5)cc4)c4ccccc34)cc2)nc(C)c1C. The Bertz CT molecular complexity index is 1840. The van der Waals surface area contributed by atoms with E-state index in [2.05, 4.69) is 97.9 Å². The Kier molecular flexibility index (Phi) is 6.23. The highest BCUT2D eigenvalue weighted by Gasteiger charge is 2.11. The summed E-state index contributed by atoms with van der Waals surface area (Å²) in [5, 5.41) is 11.5. The first-order chi connectivity index (χ1) is 19.0. The highest BCUT2D eigenvalue weighted by atomic mass is 14.9. The second kappa shape index (κ2) is 10.0. The van der Waals surface area contributed by atoms with Crippen LogP contribution >= 0.6 is 0 Å². The van der Waals surface area contributed by atoms with Gasteiger partial charge >= 0.3 is 0 Å². The molecule has 0 unspecified atom stereocenters. The normalized spacial score (nSPS) is 10.9. The van der Waals surface area contributed by atoms with Gasteiger partial charge in [0, 0.05) is 17.0 Å². The molecule has 1 heterocycles. The van der Waals surface area contributed by atoms with E-state index < -0.39 is 0 Å². The van der Waals surface area contributed by atoms with E-state index in [0.717, 1.165) is 39.5 Å². The van der Waals surface area contributed by atoms with E-state index in [9.17, 15) is 0 Å². The van der Waals surface area contributed by atoms with Crippen molar-refractivity contribution in [2.75, 3.05) is 0 Å². The summed E-state index contributed by atoms with van der Waals surface area (Å²) >= 11 is 0. The lowest BCUT2D eigenvalue weighted by Crippen LogP contribution is -1.98. The molecule has 0 aliphatic carbocycles. The van der Waals surface area contributed by atoms with Crippen molar-refractivity contribution < 1.29 is 0 Å². The fourth-order valence-corrected chi connectivity index (χ4v) is 5.08. The lowest BCUT2D eigenvalue weighted by molar-refractivity contribution is 1.02. The number of nitriles is 1. The Labute approximate surface area is 229 Å². The zero-order valence-electron chi connectivity index (χ0n) is 22.2. The summed E-state index contributed by atoms with van der Waals surface area (Å²) in [7, 11) is 0. The molecule has 0 N–H and O–H groups in total. The van der Waals surface area contributed by atoms with Crippen LogP contribution in [0, 0.1) is 32.1 Å². The number of rotatable bonds is 4. The summed E-state index contributed by atoms with van der Waals surface area (Å²) in [6.07, 6.45) is 0. The molecule has 0 amide bonds. The molecule has 0 spiro atoms. The van der Waals surface area contributed by atoms with Gasteiger partial charge in [-0.2, -0.15) is 5.26 Å². The number of hydrogen-bond donors (Lipinski definition) is 0. The maximum Gasteiger partial charge on any atom is 0.159 e. The largest absolute Gasteiger partial charge is 0.233 e. The van der Waals surface area contributed by atoms with Crippen LogP contribution in [0.15, 0.2) is 109 Å². The van der Waals surface area contributed by atoms with Gasteiger partial charge < -0.3 is 0 Å². The minimum Gasteiger partial charge on any atom is -0.233 e. The van der Waals surface area contributed by atoms with Crippen molar-refractivity contribution in [3.63, 3.8) is 0 Å². The van der Waals surface area contributed by atoms with Crippen LogP contribution in [0.2, 0.25) is 0 Å². The van der Waals surface area contributed by atoms with Crippen LogP contribution in [0.25, 0.3) is 55.5 Å². The van der Waals surface area contributed by atoms with Gasteiger partial charge in [0.25, 0.3) is 0 Å². The highest BCUT2D eigenvalue weighted by molar-refractivity contribution is 6.05. The lowest BCUT2D eigenvalue weighted by atomic mass is 9.91. The second-order valence-corrected chi connectivity index (χ2v) is 9.89. The molecule has 3 heteroatoms. The predicted octanol–water partition coefficient (Wildman–Crippen LogP) is 9.09.